The van der Waals surface area contributed by atoms with Crippen molar-refractivity contribution < 1.29 is 9.84 Å². The Morgan fingerprint density at radius 1 is 1.29 bits per heavy atom. The monoisotopic (exact) mass is 300 g/mol. The van der Waals surface area contributed by atoms with Gasteiger partial charge in [0.2, 0.25) is 0 Å². The van der Waals surface area contributed by atoms with E-state index in [1.54, 1.807) is 7.11 Å². The van der Waals surface area contributed by atoms with Crippen LogP contribution >= 0.6 is 15.9 Å². The molecule has 3 heteroatoms. The molecule has 1 aromatic carbocycles. The molecule has 2 nitrogen and oxygen atoms in total. The highest BCUT2D eigenvalue weighted by molar-refractivity contribution is 9.09. The molecule has 0 saturated carbocycles. The Morgan fingerprint density at radius 3 is 2.29 bits per heavy atom. The summed E-state index contributed by atoms with van der Waals surface area (Å²) in [5.74, 6) is 0.871. The van der Waals surface area contributed by atoms with E-state index in [1.165, 1.54) is 0 Å². The number of aliphatic hydroxyl groups is 1. The van der Waals surface area contributed by atoms with Gasteiger partial charge in [0.25, 0.3) is 0 Å². The molecule has 0 spiro atoms. The molecule has 96 valence electrons. The molecule has 0 aliphatic rings. The molecule has 17 heavy (non-hydrogen) atoms. The number of hydrogen-bond donors (Lipinski definition) is 1. The third kappa shape index (κ3) is 3.46. The Kier molecular flexibility index (Phi) is 4.62. The Bertz CT molecular complexity index is 380. The number of rotatable bonds is 3. The van der Waals surface area contributed by atoms with E-state index in [0.717, 1.165) is 16.9 Å². The lowest BCUT2D eigenvalue weighted by molar-refractivity contribution is 0.181. The first-order valence-electron chi connectivity index (χ1n) is 5.78. The van der Waals surface area contributed by atoms with Gasteiger partial charge in [-0.25, -0.2) is 0 Å². The fourth-order valence-corrected chi connectivity index (χ4v) is 2.07. The van der Waals surface area contributed by atoms with Crippen molar-refractivity contribution in [1.82, 2.24) is 0 Å². The number of hydrogen-bond acceptors (Lipinski definition) is 2. The molecule has 0 radical (unpaired) electrons. The summed E-state index contributed by atoms with van der Waals surface area (Å²) in [7, 11) is 1.67. The van der Waals surface area contributed by atoms with Gasteiger partial charge in [-0.2, -0.15) is 0 Å². The number of benzene rings is 1. The predicted molar refractivity (Wildman–Crippen MR) is 75.0 cm³/mol. The first-order valence-corrected chi connectivity index (χ1v) is 6.69. The molecule has 0 bridgehead atoms. The van der Waals surface area contributed by atoms with Crippen LogP contribution < -0.4 is 4.74 Å². The van der Waals surface area contributed by atoms with E-state index in [2.05, 4.69) is 36.7 Å². The summed E-state index contributed by atoms with van der Waals surface area (Å²) in [5.41, 5.74) is 2.03. The van der Waals surface area contributed by atoms with Gasteiger partial charge in [0, 0.05) is 4.83 Å². The molecule has 1 rings (SSSR count). The normalized spacial score (nSPS) is 15.5. The molecule has 1 N–H and O–H groups in total. The van der Waals surface area contributed by atoms with E-state index >= 15 is 0 Å². The Labute approximate surface area is 112 Å². The molecule has 0 heterocycles. The van der Waals surface area contributed by atoms with Crippen LogP contribution in [-0.2, 0) is 5.41 Å². The zero-order chi connectivity index (χ0) is 13.2. The van der Waals surface area contributed by atoms with Gasteiger partial charge in [-0.05, 0) is 35.6 Å². The minimum absolute atomic E-state index is 0.00335. The minimum atomic E-state index is -0.498. The predicted octanol–water partition coefficient (Wildman–Crippen LogP) is 3.81. The Hall–Kier alpha value is -0.540. The quantitative estimate of drug-likeness (QED) is 0.860. The summed E-state index contributed by atoms with van der Waals surface area (Å²) in [5, 5.41) is 10.1. The number of halogens is 1. The largest absolute Gasteiger partial charge is 0.496 e. The maximum absolute atomic E-state index is 10.1. The van der Waals surface area contributed by atoms with Crippen LogP contribution in [0.4, 0.5) is 0 Å². The van der Waals surface area contributed by atoms with E-state index in [0.29, 0.717) is 0 Å². The van der Waals surface area contributed by atoms with Crippen LogP contribution in [0.15, 0.2) is 18.2 Å². The van der Waals surface area contributed by atoms with E-state index in [1.807, 2.05) is 25.1 Å². The highest BCUT2D eigenvalue weighted by Crippen LogP contribution is 2.34. The van der Waals surface area contributed by atoms with Gasteiger partial charge >= 0.3 is 0 Å². The molecule has 2 atom stereocenters. The molecule has 0 aromatic heterocycles. The molecule has 1 aromatic rings. The van der Waals surface area contributed by atoms with Gasteiger partial charge in [0.05, 0.1) is 13.2 Å². The first kappa shape index (κ1) is 14.5. The van der Waals surface area contributed by atoms with Crippen LogP contribution in [0.25, 0.3) is 0 Å². The van der Waals surface area contributed by atoms with E-state index in [9.17, 15) is 5.11 Å². The van der Waals surface area contributed by atoms with E-state index in [4.69, 9.17) is 4.74 Å². The van der Waals surface area contributed by atoms with Crippen LogP contribution in [-0.4, -0.2) is 17.0 Å². The smallest absolute Gasteiger partial charge is 0.122 e. The molecular formula is C14H21BrO2. The second-order valence-electron chi connectivity index (χ2n) is 5.33. The summed E-state index contributed by atoms with van der Waals surface area (Å²) >= 11 is 3.41. The lowest BCUT2D eigenvalue weighted by atomic mass is 9.84. The van der Waals surface area contributed by atoms with Crippen LogP contribution in [0, 0.1) is 0 Å². The second kappa shape index (κ2) is 5.40. The van der Waals surface area contributed by atoms with Crippen molar-refractivity contribution in [3.8, 4) is 5.75 Å². The first-order chi connectivity index (χ1) is 7.77. The summed E-state index contributed by atoms with van der Waals surface area (Å²) in [6.07, 6.45) is -0.498. The van der Waals surface area contributed by atoms with Crippen molar-refractivity contribution >= 4 is 15.9 Å². The van der Waals surface area contributed by atoms with Crippen molar-refractivity contribution in [2.45, 2.75) is 44.0 Å². The van der Waals surface area contributed by atoms with Gasteiger partial charge in [0.1, 0.15) is 5.75 Å². The van der Waals surface area contributed by atoms with Gasteiger partial charge in [-0.15, -0.1) is 0 Å². The molecular weight excluding hydrogens is 280 g/mol. The van der Waals surface area contributed by atoms with Crippen molar-refractivity contribution in [1.29, 1.82) is 0 Å². The van der Waals surface area contributed by atoms with Crippen molar-refractivity contribution in [2.75, 3.05) is 7.11 Å². The third-order valence-corrected chi connectivity index (χ3v) is 3.31. The highest BCUT2D eigenvalue weighted by atomic mass is 79.9. The summed E-state index contributed by atoms with van der Waals surface area (Å²) in [6, 6.07) is 5.87. The summed E-state index contributed by atoms with van der Waals surface area (Å²) in [4.78, 5) is 0.0312. The molecule has 0 fully saturated rings. The van der Waals surface area contributed by atoms with Gasteiger partial charge in [0.15, 0.2) is 0 Å². The number of methoxy groups -OCH3 is 1. The number of alkyl halides is 1. The maximum atomic E-state index is 10.1. The standard InChI is InChI=1S/C14H21BrO2/c1-9(15)13(16)10-6-7-12(17-5)11(8-10)14(2,3)4/h6-9,13,16H,1-5H3. The number of ether oxygens (including phenoxy) is 1. The van der Waals surface area contributed by atoms with Crippen molar-refractivity contribution in [2.24, 2.45) is 0 Å². The average Bonchev–Trinajstić information content (AvgIpc) is 2.25. The van der Waals surface area contributed by atoms with Crippen LogP contribution in [0.1, 0.15) is 44.9 Å². The van der Waals surface area contributed by atoms with Crippen molar-refractivity contribution in [3.05, 3.63) is 29.3 Å². The molecule has 0 aliphatic carbocycles. The topological polar surface area (TPSA) is 29.5 Å². The van der Waals surface area contributed by atoms with Crippen LogP contribution in [0.2, 0.25) is 0 Å². The van der Waals surface area contributed by atoms with Crippen LogP contribution in [0.5, 0.6) is 5.75 Å². The zero-order valence-electron chi connectivity index (χ0n) is 11.1. The average molecular weight is 301 g/mol. The highest BCUT2D eigenvalue weighted by Gasteiger charge is 2.22. The molecule has 2 unspecified atom stereocenters. The molecule has 0 aliphatic heterocycles. The second-order valence-corrected chi connectivity index (χ2v) is 6.78. The minimum Gasteiger partial charge on any atom is -0.496 e. The Morgan fingerprint density at radius 2 is 1.88 bits per heavy atom. The third-order valence-electron chi connectivity index (χ3n) is 2.81. The molecule has 0 saturated heterocycles. The van der Waals surface area contributed by atoms with E-state index in [-0.39, 0.29) is 10.2 Å². The van der Waals surface area contributed by atoms with Gasteiger partial charge < -0.3 is 9.84 Å². The fraction of sp³-hybridized carbons (Fsp3) is 0.571. The summed E-state index contributed by atoms with van der Waals surface area (Å²) < 4.78 is 5.37. The van der Waals surface area contributed by atoms with Crippen LogP contribution in [0.3, 0.4) is 0 Å². The SMILES string of the molecule is COc1ccc(C(O)C(C)Br)cc1C(C)(C)C. The fourth-order valence-electron chi connectivity index (χ4n) is 1.76. The zero-order valence-corrected chi connectivity index (χ0v) is 12.7. The van der Waals surface area contributed by atoms with Crippen molar-refractivity contribution in [3.63, 3.8) is 0 Å². The van der Waals surface area contributed by atoms with E-state index < -0.39 is 6.10 Å². The Balaban J connectivity index is 3.23. The van der Waals surface area contributed by atoms with Gasteiger partial charge in [-0.3, -0.25) is 0 Å². The maximum Gasteiger partial charge on any atom is 0.122 e. The molecule has 0 amide bonds. The number of aliphatic hydroxyl groups excluding tert-OH is 1. The lowest BCUT2D eigenvalue weighted by Crippen LogP contribution is -2.15. The van der Waals surface area contributed by atoms with Gasteiger partial charge in [-0.1, -0.05) is 42.8 Å². The summed E-state index contributed by atoms with van der Waals surface area (Å²) in [6.45, 7) is 8.35. The lowest BCUT2D eigenvalue weighted by Gasteiger charge is -2.24.